The number of hydrogen-bond acceptors (Lipinski definition) is 5. The van der Waals surface area contributed by atoms with Gasteiger partial charge in [0.15, 0.2) is 5.69 Å². The average molecular weight is 490 g/mol. The van der Waals surface area contributed by atoms with Crippen LogP contribution in [0.25, 0.3) is 4.85 Å². The van der Waals surface area contributed by atoms with E-state index >= 15 is 0 Å². The van der Waals surface area contributed by atoms with Crippen molar-refractivity contribution in [2.24, 2.45) is 5.92 Å². The molecule has 2 aliphatic heterocycles. The second-order valence-corrected chi connectivity index (χ2v) is 10.6. The van der Waals surface area contributed by atoms with Crippen LogP contribution in [-0.2, 0) is 15.0 Å². The SMILES string of the molecule is [C-]#[N+][C@@H]1C[C@@]2(CN1C(=O)[C@H](CC(C)C)N(C)C(=O)c1cn(C3CCC3)nn1)C(=O)Nc1ccccc12. The van der Waals surface area contributed by atoms with Crippen LogP contribution < -0.4 is 5.32 Å². The second kappa shape index (κ2) is 9.04. The molecule has 3 amide bonds. The van der Waals surface area contributed by atoms with E-state index in [1.54, 1.807) is 17.9 Å². The number of carbonyl (C=O) groups excluding carboxylic acids is 3. The van der Waals surface area contributed by atoms with Gasteiger partial charge < -0.3 is 10.2 Å². The second-order valence-electron chi connectivity index (χ2n) is 10.6. The molecule has 2 aromatic rings. The minimum atomic E-state index is -0.960. The highest BCUT2D eigenvalue weighted by molar-refractivity contribution is 6.07. The van der Waals surface area contributed by atoms with E-state index < -0.39 is 17.6 Å². The van der Waals surface area contributed by atoms with Crippen molar-refractivity contribution in [3.8, 4) is 0 Å². The molecular weight excluding hydrogens is 458 g/mol. The Hall–Kier alpha value is -3.74. The number of aromatic nitrogens is 3. The average Bonchev–Trinajstić information content (AvgIpc) is 3.52. The molecule has 3 atom stereocenters. The molecule has 1 aromatic heterocycles. The van der Waals surface area contributed by atoms with E-state index in [9.17, 15) is 14.4 Å². The van der Waals surface area contributed by atoms with Crippen LogP contribution in [0.1, 0.15) is 68.0 Å². The van der Waals surface area contributed by atoms with Crippen LogP contribution in [0.3, 0.4) is 0 Å². The Balaban J connectivity index is 1.41. The Kier molecular flexibility index (Phi) is 6.02. The van der Waals surface area contributed by atoms with E-state index in [0.29, 0.717) is 6.42 Å². The van der Waals surface area contributed by atoms with Gasteiger partial charge in [0.2, 0.25) is 5.91 Å². The Bertz CT molecular complexity index is 1240. The quantitative estimate of drug-likeness (QED) is 0.629. The molecule has 10 nitrogen and oxygen atoms in total. The van der Waals surface area contributed by atoms with Gasteiger partial charge in [-0.05, 0) is 43.2 Å². The maximum atomic E-state index is 14.0. The topological polar surface area (TPSA) is 105 Å². The van der Waals surface area contributed by atoms with Crippen molar-refractivity contribution in [1.29, 1.82) is 0 Å². The number of nitrogens with one attached hydrogen (secondary N) is 1. The lowest BCUT2D eigenvalue weighted by atomic mass is 9.80. The van der Waals surface area contributed by atoms with Crippen LogP contribution in [0.4, 0.5) is 5.69 Å². The van der Waals surface area contributed by atoms with E-state index in [1.165, 1.54) is 9.80 Å². The number of amides is 3. The zero-order valence-corrected chi connectivity index (χ0v) is 20.8. The fourth-order valence-corrected chi connectivity index (χ4v) is 5.55. The number of likely N-dealkylation sites (N-methyl/N-ethyl adjacent to an activating group) is 1. The molecule has 0 radical (unpaired) electrons. The van der Waals surface area contributed by atoms with Crippen LogP contribution in [0.5, 0.6) is 0 Å². The molecule has 0 bridgehead atoms. The van der Waals surface area contributed by atoms with Gasteiger partial charge in [0.1, 0.15) is 11.5 Å². The van der Waals surface area contributed by atoms with Gasteiger partial charge in [-0.2, -0.15) is 0 Å². The van der Waals surface area contributed by atoms with Gasteiger partial charge in [0.05, 0.1) is 18.7 Å². The largest absolute Gasteiger partial charge is 0.328 e. The smallest absolute Gasteiger partial charge is 0.302 e. The van der Waals surface area contributed by atoms with Crippen molar-refractivity contribution in [2.45, 2.75) is 69.6 Å². The van der Waals surface area contributed by atoms with Gasteiger partial charge in [-0.1, -0.05) is 37.3 Å². The zero-order valence-electron chi connectivity index (χ0n) is 20.8. The summed E-state index contributed by atoms with van der Waals surface area (Å²) in [7, 11) is 1.60. The summed E-state index contributed by atoms with van der Waals surface area (Å²) in [6.45, 7) is 11.9. The van der Waals surface area contributed by atoms with E-state index in [1.807, 2.05) is 38.1 Å². The van der Waals surface area contributed by atoms with Gasteiger partial charge in [-0.15, -0.1) is 5.10 Å². The van der Waals surface area contributed by atoms with Crippen LogP contribution in [0.15, 0.2) is 30.5 Å². The molecule has 36 heavy (non-hydrogen) atoms. The fraction of sp³-hybridized carbons (Fsp3) is 0.538. The summed E-state index contributed by atoms with van der Waals surface area (Å²) in [4.78, 5) is 47.1. The van der Waals surface area contributed by atoms with Crippen molar-refractivity contribution in [2.75, 3.05) is 18.9 Å². The lowest BCUT2D eigenvalue weighted by Gasteiger charge is -2.31. The van der Waals surface area contributed by atoms with Gasteiger partial charge in [-0.3, -0.25) is 24.1 Å². The Morgan fingerprint density at radius 2 is 2.06 bits per heavy atom. The first-order valence-corrected chi connectivity index (χ1v) is 12.5. The molecule has 3 heterocycles. The number of fused-ring (bicyclic) bond motifs is 2. The third-order valence-corrected chi connectivity index (χ3v) is 7.83. The van der Waals surface area contributed by atoms with Crippen LogP contribution in [0, 0.1) is 12.5 Å². The predicted octanol–water partition coefficient (Wildman–Crippen LogP) is 2.86. The van der Waals surface area contributed by atoms with Crippen LogP contribution >= 0.6 is 0 Å². The molecular formula is C26H31N7O3. The molecule has 2 fully saturated rings. The van der Waals surface area contributed by atoms with Gasteiger partial charge in [-0.25, -0.2) is 11.3 Å². The summed E-state index contributed by atoms with van der Waals surface area (Å²) < 4.78 is 1.74. The zero-order chi connectivity index (χ0) is 25.6. The minimum Gasteiger partial charge on any atom is -0.328 e. The number of anilines is 1. The molecule has 5 rings (SSSR count). The maximum absolute atomic E-state index is 14.0. The first-order valence-electron chi connectivity index (χ1n) is 12.5. The molecule has 188 valence electrons. The number of carbonyl (C=O) groups is 3. The van der Waals surface area contributed by atoms with E-state index in [4.69, 9.17) is 6.57 Å². The van der Waals surface area contributed by atoms with Crippen LogP contribution in [-0.4, -0.2) is 68.3 Å². The molecule has 1 saturated heterocycles. The number of rotatable bonds is 6. The maximum Gasteiger partial charge on any atom is 0.302 e. The monoisotopic (exact) mass is 489 g/mol. The van der Waals surface area contributed by atoms with Gasteiger partial charge in [0.25, 0.3) is 11.8 Å². The number of benzene rings is 1. The number of nitrogens with zero attached hydrogens (tertiary/aromatic N) is 6. The highest BCUT2D eigenvalue weighted by atomic mass is 16.2. The summed E-state index contributed by atoms with van der Waals surface area (Å²) in [6, 6.07) is 6.92. The summed E-state index contributed by atoms with van der Waals surface area (Å²) in [6.07, 6.45) is 4.71. The van der Waals surface area contributed by atoms with E-state index in [2.05, 4.69) is 20.5 Å². The van der Waals surface area contributed by atoms with Crippen LogP contribution in [0.2, 0.25) is 0 Å². The Morgan fingerprint density at radius 3 is 2.72 bits per heavy atom. The third-order valence-electron chi connectivity index (χ3n) is 7.83. The van der Waals surface area contributed by atoms with Crippen molar-refractivity contribution in [3.05, 3.63) is 53.1 Å². The molecule has 3 aliphatic rings. The first kappa shape index (κ1) is 24.0. The highest BCUT2D eigenvalue weighted by Gasteiger charge is 2.59. The first-order chi connectivity index (χ1) is 17.2. The highest BCUT2D eigenvalue weighted by Crippen LogP contribution is 2.47. The number of likely N-dealkylation sites (tertiary alicyclic amines) is 1. The van der Waals surface area contributed by atoms with Gasteiger partial charge in [0, 0.05) is 19.3 Å². The Labute approximate surface area is 210 Å². The summed E-state index contributed by atoms with van der Waals surface area (Å²) in [5.74, 6) is -0.763. The van der Waals surface area contributed by atoms with Gasteiger partial charge >= 0.3 is 6.17 Å². The third kappa shape index (κ3) is 3.83. The molecule has 1 spiro atoms. The number of hydrogen-bond donors (Lipinski definition) is 1. The summed E-state index contributed by atoms with van der Waals surface area (Å²) in [5.41, 5.74) is 0.782. The van der Waals surface area contributed by atoms with Crippen molar-refractivity contribution in [3.63, 3.8) is 0 Å². The van der Waals surface area contributed by atoms with Crippen molar-refractivity contribution >= 4 is 23.4 Å². The lowest BCUT2D eigenvalue weighted by Crippen LogP contribution is -2.51. The Morgan fingerprint density at radius 1 is 1.31 bits per heavy atom. The summed E-state index contributed by atoms with van der Waals surface area (Å²) in [5, 5.41) is 11.1. The normalized spacial score (nSPS) is 23.8. The summed E-state index contributed by atoms with van der Waals surface area (Å²) >= 11 is 0. The van der Waals surface area contributed by atoms with Crippen molar-refractivity contribution in [1.82, 2.24) is 24.8 Å². The fourth-order valence-electron chi connectivity index (χ4n) is 5.55. The molecule has 1 saturated carbocycles. The lowest BCUT2D eigenvalue weighted by molar-refractivity contribution is -0.136. The molecule has 0 unspecified atom stereocenters. The molecule has 1 aromatic carbocycles. The molecule has 1 N–H and O–H groups in total. The minimum absolute atomic E-state index is 0.107. The van der Waals surface area contributed by atoms with E-state index in [-0.39, 0.29) is 48.3 Å². The van der Waals surface area contributed by atoms with Crippen molar-refractivity contribution < 1.29 is 14.4 Å². The van der Waals surface area contributed by atoms with E-state index in [0.717, 1.165) is 30.5 Å². The standard InChI is InChI=1S/C26H31N7O3/c1-16(2)12-21(31(4)23(34)20-14-33(30-29-20)17-8-7-9-17)24(35)32-15-26(13-22(32)27-3)18-10-5-6-11-19(18)28-25(26)36/h5-6,10-11,14,16-17,21-22H,7-9,12-13,15H2,1-2,4H3,(H,28,36)/t21-,22-,26-/m0/s1. The number of para-hydroxylation sites is 1. The molecule has 10 heteroatoms. The predicted molar refractivity (Wildman–Crippen MR) is 132 cm³/mol. The molecule has 1 aliphatic carbocycles.